The third-order valence-corrected chi connectivity index (χ3v) is 7.11. The summed E-state index contributed by atoms with van der Waals surface area (Å²) >= 11 is 0. The fourth-order valence-corrected chi connectivity index (χ4v) is 5.70. The van der Waals surface area contributed by atoms with Crippen LogP contribution in [0.4, 0.5) is 0 Å². The average Bonchev–Trinajstić information content (AvgIpc) is 2.86. The number of pyridine rings is 2. The lowest BCUT2D eigenvalue weighted by atomic mass is 9.54. The zero-order chi connectivity index (χ0) is 23.8. The fraction of sp³-hybridized carbons (Fsp3) is 0.458. The van der Waals surface area contributed by atoms with Gasteiger partial charge >= 0.3 is 11.9 Å². The van der Waals surface area contributed by atoms with Crippen LogP contribution in [0.25, 0.3) is 0 Å². The van der Waals surface area contributed by atoms with Crippen molar-refractivity contribution in [1.82, 2.24) is 19.8 Å². The van der Waals surface area contributed by atoms with Crippen molar-refractivity contribution in [2.24, 2.45) is 11.3 Å². The molecule has 33 heavy (non-hydrogen) atoms. The van der Waals surface area contributed by atoms with Gasteiger partial charge in [-0.2, -0.15) is 0 Å². The number of hydrogen-bond acceptors (Lipinski definition) is 9. The van der Waals surface area contributed by atoms with Crippen molar-refractivity contribution in [1.29, 1.82) is 0 Å². The molecule has 4 unspecified atom stereocenters. The smallest absolute Gasteiger partial charge is 0.334 e. The van der Waals surface area contributed by atoms with Crippen LogP contribution in [0.15, 0.2) is 48.8 Å². The van der Waals surface area contributed by atoms with Gasteiger partial charge in [-0.05, 0) is 37.9 Å². The maximum atomic E-state index is 14.3. The molecule has 2 fully saturated rings. The van der Waals surface area contributed by atoms with Gasteiger partial charge in [0.25, 0.3) is 0 Å². The number of aromatic nitrogens is 2. The van der Waals surface area contributed by atoms with Gasteiger partial charge in [0.2, 0.25) is 0 Å². The molecule has 2 aromatic rings. The Bertz CT molecular complexity index is 1050. The Balaban J connectivity index is 2.12. The molecule has 9 nitrogen and oxygen atoms in total. The van der Waals surface area contributed by atoms with Crippen LogP contribution < -0.4 is 0 Å². The molecule has 4 heterocycles. The Morgan fingerprint density at radius 2 is 1.73 bits per heavy atom. The van der Waals surface area contributed by atoms with E-state index in [0.717, 1.165) is 0 Å². The number of ether oxygens (including phenoxy) is 2. The Hall–Kier alpha value is -3.17. The highest BCUT2D eigenvalue weighted by atomic mass is 16.5. The molecule has 2 bridgehead atoms. The maximum absolute atomic E-state index is 14.3. The second-order valence-electron chi connectivity index (χ2n) is 8.42. The first kappa shape index (κ1) is 23.0. The Morgan fingerprint density at radius 3 is 2.27 bits per heavy atom. The van der Waals surface area contributed by atoms with E-state index in [2.05, 4.69) is 9.97 Å². The van der Waals surface area contributed by atoms with E-state index < -0.39 is 34.9 Å². The summed E-state index contributed by atoms with van der Waals surface area (Å²) in [5, 5.41) is 0. The van der Waals surface area contributed by atoms with E-state index in [9.17, 15) is 14.4 Å². The number of nitrogens with zero attached hydrogens (tertiary/aromatic N) is 4. The molecule has 2 aromatic heterocycles. The zero-order valence-electron chi connectivity index (χ0n) is 19.2. The lowest BCUT2D eigenvalue weighted by molar-refractivity contribution is -0.211. The summed E-state index contributed by atoms with van der Waals surface area (Å²) in [5.41, 5.74) is -2.86. The number of carbonyl (C=O) groups is 3. The molecule has 0 amide bonds. The molecule has 2 aliphatic heterocycles. The Labute approximate surface area is 192 Å². The highest BCUT2D eigenvalue weighted by molar-refractivity contribution is 6.13. The molecule has 174 valence electrons. The van der Waals surface area contributed by atoms with Crippen molar-refractivity contribution in [3.05, 3.63) is 60.2 Å². The first-order chi connectivity index (χ1) is 15.9. The highest BCUT2D eigenvalue weighted by Gasteiger charge is 2.77. The normalized spacial score (nSPS) is 30.0. The number of esters is 2. The van der Waals surface area contributed by atoms with E-state index in [1.54, 1.807) is 42.4 Å². The fourth-order valence-electron chi connectivity index (χ4n) is 5.70. The van der Waals surface area contributed by atoms with Crippen molar-refractivity contribution in [3.63, 3.8) is 0 Å². The van der Waals surface area contributed by atoms with E-state index in [4.69, 9.17) is 9.47 Å². The number of likely N-dealkylation sites (tertiary alicyclic amines) is 2. The minimum Gasteiger partial charge on any atom is -0.468 e. The van der Waals surface area contributed by atoms with Crippen LogP contribution in [0.3, 0.4) is 0 Å². The first-order valence-corrected chi connectivity index (χ1v) is 10.9. The second-order valence-corrected chi connectivity index (χ2v) is 8.42. The summed E-state index contributed by atoms with van der Waals surface area (Å²) in [4.78, 5) is 54.5. The van der Waals surface area contributed by atoms with Gasteiger partial charge in [0.15, 0.2) is 16.7 Å². The molecule has 2 aliphatic rings. The monoisotopic (exact) mass is 452 g/mol. The van der Waals surface area contributed by atoms with Gasteiger partial charge in [-0.15, -0.1) is 0 Å². The van der Waals surface area contributed by atoms with Crippen molar-refractivity contribution in [2.45, 2.75) is 18.5 Å². The van der Waals surface area contributed by atoms with Crippen LogP contribution >= 0.6 is 0 Å². The van der Waals surface area contributed by atoms with Gasteiger partial charge in [-0.3, -0.25) is 24.5 Å². The van der Waals surface area contributed by atoms with Crippen molar-refractivity contribution < 1.29 is 23.9 Å². The number of methoxy groups -OCH3 is 2. The molecule has 2 saturated heterocycles. The molecule has 0 saturated carbocycles. The minimum absolute atomic E-state index is 0.0104. The number of carbonyl (C=O) groups excluding carboxylic acids is 3. The van der Waals surface area contributed by atoms with E-state index in [-0.39, 0.29) is 18.0 Å². The zero-order valence-corrected chi connectivity index (χ0v) is 19.2. The van der Waals surface area contributed by atoms with Crippen LogP contribution in [0.5, 0.6) is 0 Å². The van der Waals surface area contributed by atoms with Crippen molar-refractivity contribution in [2.75, 3.05) is 40.9 Å². The molecule has 0 spiro atoms. The van der Waals surface area contributed by atoms with E-state index in [0.29, 0.717) is 18.8 Å². The van der Waals surface area contributed by atoms with Gasteiger partial charge in [0.1, 0.15) is 0 Å². The van der Waals surface area contributed by atoms with Gasteiger partial charge in [-0.1, -0.05) is 19.1 Å². The molecule has 4 atom stereocenters. The Morgan fingerprint density at radius 1 is 1.06 bits per heavy atom. The number of rotatable bonds is 5. The third-order valence-electron chi connectivity index (χ3n) is 7.11. The van der Waals surface area contributed by atoms with Crippen molar-refractivity contribution >= 4 is 17.7 Å². The number of likely N-dealkylation sites (N-methyl/N-ethyl adjacent to an activating group) is 1. The van der Waals surface area contributed by atoms with Crippen LogP contribution in [0, 0.1) is 11.3 Å². The van der Waals surface area contributed by atoms with E-state index >= 15 is 0 Å². The largest absolute Gasteiger partial charge is 0.468 e. The van der Waals surface area contributed by atoms with Crippen LogP contribution in [-0.4, -0.2) is 78.4 Å². The van der Waals surface area contributed by atoms with E-state index in [1.807, 2.05) is 24.0 Å². The number of ketones is 1. The summed E-state index contributed by atoms with van der Waals surface area (Å²) in [7, 11) is 4.21. The summed E-state index contributed by atoms with van der Waals surface area (Å²) in [6.07, 6.45) is 3.18. The summed E-state index contributed by atoms with van der Waals surface area (Å²) in [6.45, 7) is 2.98. The highest BCUT2D eigenvalue weighted by Crippen LogP contribution is 2.58. The number of Topliss-reactive ketones (excluding diaryl/α,β-unsaturated/α-hetero) is 1. The maximum Gasteiger partial charge on any atom is 0.334 e. The molecule has 0 radical (unpaired) electrons. The molecule has 0 aromatic carbocycles. The molecule has 0 aliphatic carbocycles. The van der Waals surface area contributed by atoms with Crippen LogP contribution in [-0.2, 0) is 29.4 Å². The van der Waals surface area contributed by atoms with Crippen molar-refractivity contribution in [3.8, 4) is 0 Å². The predicted octanol–water partition coefficient (Wildman–Crippen LogP) is 1.21. The topological polar surface area (TPSA) is 102 Å². The third kappa shape index (κ3) is 3.02. The molecule has 9 heteroatoms. The molecule has 0 N–H and O–H groups in total. The number of fused-ring (bicyclic) bond motifs is 2. The van der Waals surface area contributed by atoms with Crippen LogP contribution in [0.1, 0.15) is 24.4 Å². The predicted molar refractivity (Wildman–Crippen MR) is 118 cm³/mol. The SMILES string of the molecule is CCN1CC2C(=O)C(C(=O)OC)(C1)C(C(=O)OC)(c1ccccn1)N(C)C2c1ccccn1. The summed E-state index contributed by atoms with van der Waals surface area (Å²) < 4.78 is 10.5. The lowest BCUT2D eigenvalue weighted by Gasteiger charge is -2.61. The second kappa shape index (κ2) is 8.64. The van der Waals surface area contributed by atoms with Gasteiger partial charge in [-0.25, -0.2) is 4.79 Å². The number of hydrogen-bond donors (Lipinski definition) is 0. The minimum atomic E-state index is -1.87. The quantitative estimate of drug-likeness (QED) is 0.489. The summed E-state index contributed by atoms with van der Waals surface area (Å²) in [5.74, 6) is -2.50. The Kier molecular flexibility index (Phi) is 6.02. The lowest BCUT2D eigenvalue weighted by Crippen LogP contribution is -2.79. The van der Waals surface area contributed by atoms with Gasteiger partial charge in [0.05, 0.1) is 37.6 Å². The van der Waals surface area contributed by atoms with Crippen LogP contribution in [0.2, 0.25) is 0 Å². The first-order valence-electron chi connectivity index (χ1n) is 10.9. The molecular weight excluding hydrogens is 424 g/mol. The average molecular weight is 453 g/mol. The number of piperidine rings is 2. The molecule has 4 rings (SSSR count). The summed E-state index contributed by atoms with van der Waals surface area (Å²) in [6, 6.07) is 9.94. The molecular formula is C24H28N4O5. The van der Waals surface area contributed by atoms with Gasteiger partial charge < -0.3 is 14.4 Å². The van der Waals surface area contributed by atoms with Gasteiger partial charge in [0, 0.05) is 25.5 Å². The van der Waals surface area contributed by atoms with E-state index in [1.165, 1.54) is 20.4 Å². The standard InChI is InChI=1S/C24H28N4O5/c1-5-28-14-16-19(17-10-6-8-12-25-17)27(2)24(22(31)33-4,18-11-7-9-13-26-18)23(15-28,20(16)29)21(30)32-3/h6-13,16,19H,5,14-15H2,1-4H3.